The van der Waals surface area contributed by atoms with Crippen LogP contribution in [0.4, 0.5) is 11.5 Å². The Kier molecular flexibility index (Phi) is 3.42. The normalized spacial score (nSPS) is 10.1. The summed E-state index contributed by atoms with van der Waals surface area (Å²) in [5.74, 6) is 1.38. The molecule has 0 fully saturated rings. The highest BCUT2D eigenvalue weighted by atomic mass is 35.5. The highest BCUT2D eigenvalue weighted by Gasteiger charge is 1.97. The van der Waals surface area contributed by atoms with Crippen molar-refractivity contribution in [3.05, 3.63) is 53.7 Å². The maximum absolute atomic E-state index is 5.78. The molecule has 0 saturated carbocycles. The number of nitrogens with zero attached hydrogens (tertiary/aromatic N) is 1. The van der Waals surface area contributed by atoms with Gasteiger partial charge in [0.25, 0.3) is 0 Å². The zero-order chi connectivity index (χ0) is 11.4. The fraction of sp³-hybridized carbons (Fsp3) is 0.154. The Morgan fingerprint density at radius 1 is 1.19 bits per heavy atom. The molecule has 0 spiro atoms. The van der Waals surface area contributed by atoms with Crippen LogP contribution in [0.3, 0.4) is 0 Å². The molecule has 0 unspecified atom stereocenters. The largest absolute Gasteiger partial charge is 0.340 e. The average Bonchev–Trinajstić information content (AvgIpc) is 2.29. The summed E-state index contributed by atoms with van der Waals surface area (Å²) in [5, 5.41) is 3.25. The van der Waals surface area contributed by atoms with Gasteiger partial charge in [0.05, 0.1) is 0 Å². The number of pyridine rings is 1. The monoisotopic (exact) mass is 232 g/mol. The first-order chi connectivity index (χ1) is 7.78. The molecule has 82 valence electrons. The number of aryl methyl sites for hydroxylation is 1. The Balaban J connectivity index is 2.20. The molecule has 0 aliphatic carbocycles. The van der Waals surface area contributed by atoms with Gasteiger partial charge in [-0.15, -0.1) is 11.6 Å². The second kappa shape index (κ2) is 4.99. The summed E-state index contributed by atoms with van der Waals surface area (Å²) in [6, 6.07) is 13.9. The van der Waals surface area contributed by atoms with Crippen LogP contribution < -0.4 is 5.32 Å². The molecular weight excluding hydrogens is 220 g/mol. The molecule has 0 saturated heterocycles. The van der Waals surface area contributed by atoms with Gasteiger partial charge in [-0.05, 0) is 36.8 Å². The summed E-state index contributed by atoms with van der Waals surface area (Å²) in [5.41, 5.74) is 3.11. The molecule has 1 aromatic carbocycles. The van der Waals surface area contributed by atoms with Crippen molar-refractivity contribution in [3.8, 4) is 0 Å². The molecule has 2 aromatic rings. The van der Waals surface area contributed by atoms with Gasteiger partial charge in [-0.1, -0.05) is 18.2 Å². The number of rotatable bonds is 3. The lowest BCUT2D eigenvalue weighted by atomic mass is 10.2. The van der Waals surface area contributed by atoms with Crippen molar-refractivity contribution in [2.24, 2.45) is 0 Å². The van der Waals surface area contributed by atoms with Crippen LogP contribution in [0.2, 0.25) is 0 Å². The first-order valence-electron chi connectivity index (χ1n) is 5.13. The van der Waals surface area contributed by atoms with E-state index >= 15 is 0 Å². The van der Waals surface area contributed by atoms with Gasteiger partial charge in [0, 0.05) is 17.3 Å². The van der Waals surface area contributed by atoms with E-state index < -0.39 is 0 Å². The van der Waals surface area contributed by atoms with E-state index in [1.807, 2.05) is 49.4 Å². The third kappa shape index (κ3) is 2.74. The molecule has 2 rings (SSSR count). The molecule has 0 bridgehead atoms. The number of hydrogen-bond donors (Lipinski definition) is 1. The molecule has 2 nitrogen and oxygen atoms in total. The predicted molar refractivity (Wildman–Crippen MR) is 68.3 cm³/mol. The summed E-state index contributed by atoms with van der Waals surface area (Å²) in [4.78, 5) is 4.38. The Labute approximate surface area is 100 Å². The van der Waals surface area contributed by atoms with Crippen LogP contribution >= 0.6 is 11.6 Å². The summed E-state index contributed by atoms with van der Waals surface area (Å²) in [6.45, 7) is 1.97. The van der Waals surface area contributed by atoms with E-state index in [1.54, 1.807) is 0 Å². The lowest BCUT2D eigenvalue weighted by Gasteiger charge is -2.07. The van der Waals surface area contributed by atoms with Crippen LogP contribution in [0.15, 0.2) is 42.5 Å². The van der Waals surface area contributed by atoms with E-state index in [9.17, 15) is 0 Å². The van der Waals surface area contributed by atoms with E-state index in [2.05, 4.69) is 10.3 Å². The SMILES string of the molecule is Cc1cccc(Nc2cccc(CCl)c2)n1. The highest BCUT2D eigenvalue weighted by molar-refractivity contribution is 6.17. The Morgan fingerprint density at radius 2 is 2.00 bits per heavy atom. The molecule has 1 heterocycles. The summed E-state index contributed by atoms with van der Waals surface area (Å²) >= 11 is 5.78. The third-order valence-electron chi connectivity index (χ3n) is 2.24. The van der Waals surface area contributed by atoms with Crippen LogP contribution in [0.5, 0.6) is 0 Å². The van der Waals surface area contributed by atoms with Gasteiger partial charge in [0.15, 0.2) is 0 Å². The van der Waals surface area contributed by atoms with Gasteiger partial charge in [0.2, 0.25) is 0 Å². The standard InChI is InChI=1S/C13H13ClN2/c1-10-4-2-7-13(15-10)16-12-6-3-5-11(8-12)9-14/h2-8H,9H2,1H3,(H,15,16). The smallest absolute Gasteiger partial charge is 0.130 e. The number of halogens is 1. The molecule has 1 N–H and O–H groups in total. The van der Waals surface area contributed by atoms with Gasteiger partial charge in [-0.3, -0.25) is 0 Å². The minimum Gasteiger partial charge on any atom is -0.340 e. The second-order valence-electron chi connectivity index (χ2n) is 3.62. The van der Waals surface area contributed by atoms with Gasteiger partial charge in [-0.25, -0.2) is 4.98 Å². The summed E-state index contributed by atoms with van der Waals surface area (Å²) < 4.78 is 0. The Morgan fingerprint density at radius 3 is 2.75 bits per heavy atom. The van der Waals surface area contributed by atoms with Crippen molar-refractivity contribution in [1.29, 1.82) is 0 Å². The van der Waals surface area contributed by atoms with Gasteiger partial charge in [-0.2, -0.15) is 0 Å². The lowest BCUT2D eigenvalue weighted by Crippen LogP contribution is -1.94. The van der Waals surface area contributed by atoms with Crippen LogP contribution in [0, 0.1) is 6.92 Å². The molecule has 0 aliphatic heterocycles. The average molecular weight is 233 g/mol. The van der Waals surface area contributed by atoms with Crippen molar-refractivity contribution in [3.63, 3.8) is 0 Å². The number of anilines is 2. The molecule has 3 heteroatoms. The zero-order valence-electron chi connectivity index (χ0n) is 9.07. The van der Waals surface area contributed by atoms with Crippen LogP contribution in [0.1, 0.15) is 11.3 Å². The summed E-state index contributed by atoms with van der Waals surface area (Å²) in [7, 11) is 0. The van der Waals surface area contributed by atoms with Crippen molar-refractivity contribution in [2.75, 3.05) is 5.32 Å². The first kappa shape index (κ1) is 11.0. The number of benzene rings is 1. The highest BCUT2D eigenvalue weighted by Crippen LogP contribution is 2.17. The quantitative estimate of drug-likeness (QED) is 0.813. The Bertz CT molecular complexity index is 483. The van der Waals surface area contributed by atoms with Crippen LogP contribution in [-0.4, -0.2) is 4.98 Å². The van der Waals surface area contributed by atoms with E-state index in [0.717, 1.165) is 22.8 Å². The molecule has 0 amide bonds. The van der Waals surface area contributed by atoms with E-state index in [-0.39, 0.29) is 0 Å². The van der Waals surface area contributed by atoms with Crippen LogP contribution in [-0.2, 0) is 5.88 Å². The minimum atomic E-state index is 0.525. The van der Waals surface area contributed by atoms with Gasteiger partial charge in [0.1, 0.15) is 5.82 Å². The molecule has 0 radical (unpaired) electrons. The fourth-order valence-electron chi connectivity index (χ4n) is 1.49. The molecule has 0 aliphatic rings. The second-order valence-corrected chi connectivity index (χ2v) is 3.89. The Hall–Kier alpha value is -1.54. The van der Waals surface area contributed by atoms with Crippen molar-refractivity contribution < 1.29 is 0 Å². The van der Waals surface area contributed by atoms with Crippen molar-refractivity contribution in [1.82, 2.24) is 4.98 Å². The maximum atomic E-state index is 5.78. The molecular formula is C13H13ClN2. The number of alkyl halides is 1. The van der Waals surface area contributed by atoms with Crippen molar-refractivity contribution >= 4 is 23.1 Å². The minimum absolute atomic E-state index is 0.525. The van der Waals surface area contributed by atoms with Crippen molar-refractivity contribution in [2.45, 2.75) is 12.8 Å². The zero-order valence-corrected chi connectivity index (χ0v) is 9.83. The van der Waals surface area contributed by atoms with E-state index in [0.29, 0.717) is 5.88 Å². The van der Waals surface area contributed by atoms with E-state index in [4.69, 9.17) is 11.6 Å². The number of nitrogens with one attached hydrogen (secondary N) is 1. The fourth-order valence-corrected chi connectivity index (χ4v) is 1.66. The molecule has 1 aromatic heterocycles. The van der Waals surface area contributed by atoms with E-state index in [1.165, 1.54) is 0 Å². The maximum Gasteiger partial charge on any atom is 0.130 e. The number of aromatic nitrogens is 1. The van der Waals surface area contributed by atoms with Crippen LogP contribution in [0.25, 0.3) is 0 Å². The first-order valence-corrected chi connectivity index (χ1v) is 5.67. The molecule has 16 heavy (non-hydrogen) atoms. The summed E-state index contributed by atoms with van der Waals surface area (Å²) in [6.07, 6.45) is 0. The van der Waals surface area contributed by atoms with Gasteiger partial charge < -0.3 is 5.32 Å². The lowest BCUT2D eigenvalue weighted by molar-refractivity contribution is 1.20. The number of hydrogen-bond acceptors (Lipinski definition) is 2. The van der Waals surface area contributed by atoms with Gasteiger partial charge >= 0.3 is 0 Å². The third-order valence-corrected chi connectivity index (χ3v) is 2.55. The molecule has 0 atom stereocenters. The topological polar surface area (TPSA) is 24.9 Å². The predicted octanol–water partition coefficient (Wildman–Crippen LogP) is 3.87.